The average Bonchev–Trinajstić information content (AvgIpc) is 2.39. The van der Waals surface area contributed by atoms with Crippen LogP contribution in [-0.4, -0.2) is 24.9 Å². The molecule has 3 atom stereocenters. The Morgan fingerprint density at radius 1 is 1.16 bits per heavy atom. The van der Waals surface area contributed by atoms with E-state index in [4.69, 9.17) is 4.74 Å². The summed E-state index contributed by atoms with van der Waals surface area (Å²) in [4.78, 5) is 0. The van der Waals surface area contributed by atoms with Crippen molar-refractivity contribution in [3.63, 3.8) is 0 Å². The quantitative estimate of drug-likeness (QED) is 0.758. The maximum atomic E-state index is 12.1. The van der Waals surface area contributed by atoms with Crippen molar-refractivity contribution in [1.29, 1.82) is 0 Å². The van der Waals surface area contributed by atoms with Crippen LogP contribution >= 0.6 is 0 Å². The molecule has 0 aromatic heterocycles. The van der Waals surface area contributed by atoms with Crippen LogP contribution in [0.4, 0.5) is 4.39 Å². The second-order valence-electron chi connectivity index (χ2n) is 5.75. The normalized spacial score (nSPS) is 31.8. The van der Waals surface area contributed by atoms with Crippen LogP contribution in [0.15, 0.2) is 10.2 Å². The van der Waals surface area contributed by atoms with Crippen molar-refractivity contribution in [2.45, 2.75) is 52.4 Å². The molecule has 3 unspecified atom stereocenters. The Labute approximate surface area is 115 Å². The fraction of sp³-hybridized carbons (Fsp3) is 0.867. The zero-order valence-corrected chi connectivity index (χ0v) is 12.1. The lowest BCUT2D eigenvalue weighted by molar-refractivity contribution is 0.0278. The van der Waals surface area contributed by atoms with E-state index in [1.165, 1.54) is 24.3 Å². The summed E-state index contributed by atoms with van der Waals surface area (Å²) >= 11 is 0. The van der Waals surface area contributed by atoms with Gasteiger partial charge in [0.25, 0.3) is 0 Å². The molecule has 0 bridgehead atoms. The third kappa shape index (κ3) is 3.62. The van der Waals surface area contributed by atoms with Crippen LogP contribution in [0.1, 0.15) is 52.4 Å². The molecule has 0 spiro atoms. The highest BCUT2D eigenvalue weighted by molar-refractivity contribution is 5.97. The molecule has 0 N–H and O–H groups in total. The summed E-state index contributed by atoms with van der Waals surface area (Å²) in [6.45, 7) is 4.18. The van der Waals surface area contributed by atoms with E-state index in [1.54, 1.807) is 0 Å². The summed E-state index contributed by atoms with van der Waals surface area (Å²) in [5.41, 5.74) is 2.45. The lowest BCUT2D eigenvalue weighted by Crippen LogP contribution is -2.33. The Balaban J connectivity index is 2.01. The van der Waals surface area contributed by atoms with E-state index in [2.05, 4.69) is 24.1 Å². The summed E-state index contributed by atoms with van der Waals surface area (Å²) in [7, 11) is 0. The first-order chi connectivity index (χ1) is 9.26. The van der Waals surface area contributed by atoms with Crippen LogP contribution in [0.5, 0.6) is 0 Å². The smallest absolute Gasteiger partial charge is 0.188 e. The summed E-state index contributed by atoms with van der Waals surface area (Å²) in [6, 6.07) is 0. The topological polar surface area (TPSA) is 34.0 Å². The molecule has 0 aromatic carbocycles. The number of rotatable bonds is 4. The van der Waals surface area contributed by atoms with E-state index in [0.717, 1.165) is 25.7 Å². The van der Waals surface area contributed by atoms with Gasteiger partial charge in [0.2, 0.25) is 0 Å². The van der Waals surface area contributed by atoms with Gasteiger partial charge < -0.3 is 4.74 Å². The van der Waals surface area contributed by atoms with Crippen molar-refractivity contribution in [3.8, 4) is 0 Å². The molecule has 1 aliphatic carbocycles. The minimum atomic E-state index is -0.657. The zero-order chi connectivity index (χ0) is 13.7. The number of halogens is 1. The first kappa shape index (κ1) is 14.6. The predicted molar refractivity (Wildman–Crippen MR) is 76.3 cm³/mol. The lowest BCUT2D eigenvalue weighted by Gasteiger charge is -2.34. The standard InChI is InChI=1S/C15H25FN2O/c1-3-15-14-8-7-12(9-19-10-16)5-4-6-13(14)11(2)17-18-15/h12-14H,3-10H2,1-2H3/i16-1. The van der Waals surface area contributed by atoms with Gasteiger partial charge in [0.05, 0.1) is 6.61 Å². The van der Waals surface area contributed by atoms with Crippen LogP contribution in [0.3, 0.4) is 0 Å². The number of hydrogen-bond acceptors (Lipinski definition) is 3. The van der Waals surface area contributed by atoms with Gasteiger partial charge in [-0.3, -0.25) is 0 Å². The molecule has 4 heteroatoms. The van der Waals surface area contributed by atoms with E-state index in [0.29, 0.717) is 24.4 Å². The first-order valence-corrected chi connectivity index (χ1v) is 7.50. The van der Waals surface area contributed by atoms with Gasteiger partial charge in [0.15, 0.2) is 6.86 Å². The highest BCUT2D eigenvalue weighted by Crippen LogP contribution is 2.35. The molecular weight excluding hydrogens is 242 g/mol. The first-order valence-electron chi connectivity index (χ1n) is 7.50. The highest BCUT2D eigenvalue weighted by atomic mass is 18.2. The van der Waals surface area contributed by atoms with E-state index in [9.17, 15) is 4.39 Å². The third-order valence-electron chi connectivity index (χ3n) is 4.59. The Kier molecular flexibility index (Phi) is 5.49. The van der Waals surface area contributed by atoms with E-state index in [1.807, 2.05) is 0 Å². The molecule has 0 saturated heterocycles. The van der Waals surface area contributed by atoms with Gasteiger partial charge in [-0.05, 0) is 44.9 Å². The van der Waals surface area contributed by atoms with Gasteiger partial charge in [-0.25, -0.2) is 4.39 Å². The zero-order valence-electron chi connectivity index (χ0n) is 12.1. The van der Waals surface area contributed by atoms with Crippen molar-refractivity contribution in [2.75, 3.05) is 13.5 Å². The number of ether oxygens (including phenoxy) is 1. The fourth-order valence-corrected chi connectivity index (χ4v) is 3.49. The van der Waals surface area contributed by atoms with E-state index >= 15 is 0 Å². The Hall–Kier alpha value is -0.770. The molecule has 0 radical (unpaired) electrons. The SMILES string of the molecule is CCC1=NN=C(C)C2CCCC(COC[18F])CCC12. The molecule has 0 amide bonds. The summed E-state index contributed by atoms with van der Waals surface area (Å²) < 4.78 is 17.1. The van der Waals surface area contributed by atoms with Crippen LogP contribution in [0.2, 0.25) is 0 Å². The average molecular weight is 267 g/mol. The number of hydrogen-bond donors (Lipinski definition) is 0. The van der Waals surface area contributed by atoms with Gasteiger partial charge >= 0.3 is 0 Å². The maximum Gasteiger partial charge on any atom is 0.188 e. The number of fused-ring (bicyclic) bond motifs is 1. The van der Waals surface area contributed by atoms with E-state index in [-0.39, 0.29) is 0 Å². The summed E-state index contributed by atoms with van der Waals surface area (Å²) in [5, 5.41) is 8.72. The Morgan fingerprint density at radius 3 is 2.74 bits per heavy atom. The second-order valence-corrected chi connectivity index (χ2v) is 5.75. The molecule has 108 valence electrons. The molecule has 1 saturated carbocycles. The molecule has 3 nitrogen and oxygen atoms in total. The lowest BCUT2D eigenvalue weighted by atomic mass is 9.73. The largest absolute Gasteiger partial charge is 0.350 e. The van der Waals surface area contributed by atoms with Crippen molar-refractivity contribution in [3.05, 3.63) is 0 Å². The van der Waals surface area contributed by atoms with Crippen molar-refractivity contribution >= 4 is 11.4 Å². The molecule has 0 aromatic rings. The van der Waals surface area contributed by atoms with Crippen LogP contribution in [-0.2, 0) is 4.74 Å². The van der Waals surface area contributed by atoms with Crippen molar-refractivity contribution in [1.82, 2.24) is 0 Å². The van der Waals surface area contributed by atoms with E-state index < -0.39 is 6.86 Å². The maximum absolute atomic E-state index is 12.1. The number of nitrogens with zero attached hydrogens (tertiary/aromatic N) is 2. The van der Waals surface area contributed by atoms with Gasteiger partial charge in [-0.2, -0.15) is 10.2 Å². The van der Waals surface area contributed by atoms with Gasteiger partial charge in [0, 0.05) is 23.3 Å². The van der Waals surface area contributed by atoms with Crippen molar-refractivity contribution in [2.24, 2.45) is 28.0 Å². The summed E-state index contributed by atoms with van der Waals surface area (Å²) in [5.74, 6) is 1.64. The second kappa shape index (κ2) is 7.13. The van der Waals surface area contributed by atoms with Crippen LogP contribution in [0.25, 0.3) is 0 Å². The number of alkyl halides is 1. The minimum Gasteiger partial charge on any atom is -0.350 e. The minimum absolute atomic E-state index is 0.508. The summed E-state index contributed by atoms with van der Waals surface area (Å²) in [6.07, 6.45) is 6.77. The Bertz CT molecular complexity index is 354. The molecule has 1 fully saturated rings. The third-order valence-corrected chi connectivity index (χ3v) is 4.59. The monoisotopic (exact) mass is 267 g/mol. The van der Waals surface area contributed by atoms with Crippen molar-refractivity contribution < 1.29 is 9.13 Å². The molecule has 2 aliphatic rings. The fourth-order valence-electron chi connectivity index (χ4n) is 3.49. The van der Waals surface area contributed by atoms with Gasteiger partial charge in [-0.15, -0.1) is 0 Å². The molecule has 2 rings (SSSR count). The predicted octanol–water partition coefficient (Wildman–Crippen LogP) is 3.98. The molecule has 1 aliphatic heterocycles. The Morgan fingerprint density at radius 2 is 2.00 bits per heavy atom. The van der Waals surface area contributed by atoms with Gasteiger partial charge in [-0.1, -0.05) is 13.3 Å². The molecule has 1 heterocycles. The van der Waals surface area contributed by atoms with Gasteiger partial charge in [0.1, 0.15) is 0 Å². The molecule has 19 heavy (non-hydrogen) atoms. The molecular formula is C15H25FN2O. The highest BCUT2D eigenvalue weighted by Gasteiger charge is 2.32. The van der Waals surface area contributed by atoms with Crippen LogP contribution in [0, 0.1) is 17.8 Å². The van der Waals surface area contributed by atoms with Crippen LogP contribution < -0.4 is 0 Å².